The molecule has 0 unspecified atom stereocenters. The van der Waals surface area contributed by atoms with E-state index in [4.69, 9.17) is 5.73 Å². The van der Waals surface area contributed by atoms with Crippen LogP contribution in [-0.2, 0) is 6.42 Å². The van der Waals surface area contributed by atoms with Crippen LogP contribution in [0.25, 0.3) is 0 Å². The molecule has 0 bridgehead atoms. The Kier molecular flexibility index (Phi) is 4.13. The highest BCUT2D eigenvalue weighted by Gasteiger charge is 2.34. The number of anilines is 1. The van der Waals surface area contributed by atoms with Crippen LogP contribution in [0.15, 0.2) is 23.0 Å². The van der Waals surface area contributed by atoms with Crippen molar-refractivity contribution in [2.45, 2.75) is 19.3 Å². The summed E-state index contributed by atoms with van der Waals surface area (Å²) in [5.74, 6) is 1.89. The van der Waals surface area contributed by atoms with Crippen LogP contribution in [0.2, 0.25) is 0 Å². The van der Waals surface area contributed by atoms with Gasteiger partial charge in [0, 0.05) is 32.1 Å². The lowest BCUT2D eigenvalue weighted by Gasteiger charge is -2.17. The van der Waals surface area contributed by atoms with E-state index >= 15 is 0 Å². The highest BCUT2D eigenvalue weighted by atomic mass is 16.2. The van der Waals surface area contributed by atoms with Gasteiger partial charge >= 0.3 is 6.03 Å². The molecule has 0 saturated carbocycles. The van der Waals surface area contributed by atoms with E-state index < -0.39 is 0 Å². The minimum absolute atomic E-state index is 0.0411. The van der Waals surface area contributed by atoms with Crippen molar-refractivity contribution >= 4 is 11.8 Å². The topological polar surface area (TPSA) is 104 Å². The van der Waals surface area contributed by atoms with Crippen molar-refractivity contribution in [3.63, 3.8) is 0 Å². The average Bonchev–Trinajstić information content (AvgIpc) is 2.90. The highest BCUT2D eigenvalue weighted by molar-refractivity contribution is 5.74. The zero-order valence-corrected chi connectivity index (χ0v) is 12.4. The summed E-state index contributed by atoms with van der Waals surface area (Å²) in [6.07, 6.45) is 7.02. The molecule has 1 saturated heterocycles. The molecule has 2 atom stereocenters. The fourth-order valence-electron chi connectivity index (χ4n) is 3.23. The van der Waals surface area contributed by atoms with Gasteiger partial charge in [0.2, 0.25) is 0 Å². The van der Waals surface area contributed by atoms with Gasteiger partial charge in [0.25, 0.3) is 5.56 Å². The number of H-pyrrole nitrogens is 1. The molecule has 1 fully saturated rings. The second-order valence-electron chi connectivity index (χ2n) is 5.97. The Morgan fingerprint density at radius 2 is 2.05 bits per heavy atom. The summed E-state index contributed by atoms with van der Waals surface area (Å²) in [7, 11) is 0. The van der Waals surface area contributed by atoms with Crippen molar-refractivity contribution in [2.75, 3.05) is 25.4 Å². The number of nitrogens with one attached hydrogen (secondary N) is 2. The van der Waals surface area contributed by atoms with E-state index in [2.05, 4.69) is 27.4 Å². The Hall–Kier alpha value is -2.31. The van der Waals surface area contributed by atoms with Crippen LogP contribution in [-0.4, -0.2) is 40.5 Å². The molecule has 2 heterocycles. The van der Waals surface area contributed by atoms with Gasteiger partial charge in [-0.15, -0.1) is 0 Å². The van der Waals surface area contributed by atoms with Gasteiger partial charge < -0.3 is 20.9 Å². The first-order valence-electron chi connectivity index (χ1n) is 7.65. The van der Waals surface area contributed by atoms with Gasteiger partial charge in [-0.25, -0.2) is 9.78 Å². The number of aromatic nitrogens is 2. The predicted octanol–water partition coefficient (Wildman–Crippen LogP) is 0.502. The maximum absolute atomic E-state index is 12.2. The number of allylic oxidation sites excluding steroid dienone is 2. The second kappa shape index (κ2) is 6.21. The maximum Gasteiger partial charge on any atom is 0.317 e. The standard InChI is InChI=1S/C15H21N5O2/c16-12-7-14(21)19-13(18-12)5-6-17-15(22)20-8-10-3-1-2-4-11(10)9-20/h1-2,7,10-11H,3-6,8-9H2,(H,17,22)(H3,16,18,19,21)/t10-,11+. The minimum Gasteiger partial charge on any atom is -0.383 e. The number of rotatable bonds is 3. The number of nitrogen functional groups attached to an aromatic ring is 1. The molecule has 7 heteroatoms. The van der Waals surface area contributed by atoms with Gasteiger partial charge in [0.05, 0.1) is 0 Å². The van der Waals surface area contributed by atoms with Crippen LogP contribution in [0.3, 0.4) is 0 Å². The van der Waals surface area contributed by atoms with Crippen molar-refractivity contribution in [3.05, 3.63) is 34.4 Å². The number of urea groups is 1. The first-order valence-corrected chi connectivity index (χ1v) is 7.65. The number of hydrogen-bond donors (Lipinski definition) is 3. The molecule has 2 aliphatic rings. The van der Waals surface area contributed by atoms with Crippen molar-refractivity contribution in [2.24, 2.45) is 11.8 Å². The lowest BCUT2D eigenvalue weighted by atomic mass is 9.86. The van der Waals surface area contributed by atoms with Gasteiger partial charge in [-0.05, 0) is 24.7 Å². The normalized spacial score (nSPS) is 23.4. The molecule has 118 valence electrons. The number of hydrogen-bond acceptors (Lipinski definition) is 4. The third-order valence-electron chi connectivity index (χ3n) is 4.36. The van der Waals surface area contributed by atoms with E-state index in [0.717, 1.165) is 25.9 Å². The van der Waals surface area contributed by atoms with E-state index in [1.54, 1.807) is 0 Å². The molecule has 1 aromatic rings. The van der Waals surface area contributed by atoms with Crippen LogP contribution in [0.4, 0.5) is 10.6 Å². The number of aromatic amines is 1. The number of nitrogens with two attached hydrogens (primary N) is 1. The SMILES string of the molecule is Nc1cc(=O)[nH]c(CCNC(=O)N2C[C@H]3CC=CC[C@H]3C2)n1. The predicted molar refractivity (Wildman–Crippen MR) is 83.3 cm³/mol. The van der Waals surface area contributed by atoms with E-state index in [0.29, 0.717) is 30.6 Å². The van der Waals surface area contributed by atoms with Gasteiger partial charge in [0.1, 0.15) is 11.6 Å². The fourth-order valence-corrected chi connectivity index (χ4v) is 3.23. The van der Waals surface area contributed by atoms with E-state index in [1.165, 1.54) is 6.07 Å². The van der Waals surface area contributed by atoms with E-state index in [9.17, 15) is 9.59 Å². The zero-order valence-electron chi connectivity index (χ0n) is 12.4. The van der Waals surface area contributed by atoms with Gasteiger partial charge in [0.15, 0.2) is 0 Å². The van der Waals surface area contributed by atoms with Crippen molar-refractivity contribution in [1.82, 2.24) is 20.2 Å². The molecule has 7 nitrogen and oxygen atoms in total. The average molecular weight is 303 g/mol. The summed E-state index contributed by atoms with van der Waals surface area (Å²) >= 11 is 0. The minimum atomic E-state index is -0.273. The van der Waals surface area contributed by atoms with E-state index in [-0.39, 0.29) is 17.4 Å². The van der Waals surface area contributed by atoms with Crippen LogP contribution >= 0.6 is 0 Å². The van der Waals surface area contributed by atoms with Crippen molar-refractivity contribution in [1.29, 1.82) is 0 Å². The summed E-state index contributed by atoms with van der Waals surface area (Å²) in [6.45, 7) is 2.08. The largest absolute Gasteiger partial charge is 0.383 e. The molecule has 4 N–H and O–H groups in total. The Balaban J connectivity index is 1.48. The van der Waals surface area contributed by atoms with Gasteiger partial charge in [-0.3, -0.25) is 4.79 Å². The molecule has 0 radical (unpaired) electrons. The number of nitrogens with zero attached hydrogens (tertiary/aromatic N) is 2. The monoisotopic (exact) mass is 303 g/mol. The van der Waals surface area contributed by atoms with Gasteiger partial charge in [-0.1, -0.05) is 12.2 Å². The fraction of sp³-hybridized carbons (Fsp3) is 0.533. The third-order valence-corrected chi connectivity index (χ3v) is 4.36. The smallest absolute Gasteiger partial charge is 0.317 e. The first kappa shape index (κ1) is 14.6. The Bertz CT molecular complexity index is 623. The first-order chi connectivity index (χ1) is 10.6. The summed E-state index contributed by atoms with van der Waals surface area (Å²) < 4.78 is 0. The van der Waals surface area contributed by atoms with Crippen LogP contribution in [0.1, 0.15) is 18.7 Å². The quantitative estimate of drug-likeness (QED) is 0.707. The molecule has 0 aromatic carbocycles. The molecular weight excluding hydrogens is 282 g/mol. The van der Waals surface area contributed by atoms with Crippen molar-refractivity contribution in [3.8, 4) is 0 Å². The molecule has 1 aliphatic carbocycles. The zero-order chi connectivity index (χ0) is 15.5. The number of likely N-dealkylation sites (tertiary alicyclic amines) is 1. The Morgan fingerprint density at radius 3 is 2.68 bits per heavy atom. The van der Waals surface area contributed by atoms with Crippen LogP contribution in [0, 0.1) is 11.8 Å². The lowest BCUT2D eigenvalue weighted by Crippen LogP contribution is -2.39. The summed E-state index contributed by atoms with van der Waals surface area (Å²) in [6, 6.07) is 1.20. The number of amides is 2. The summed E-state index contributed by atoms with van der Waals surface area (Å²) in [5, 5.41) is 2.89. The molecule has 1 aromatic heterocycles. The summed E-state index contributed by atoms with van der Waals surface area (Å²) in [5.41, 5.74) is 5.25. The van der Waals surface area contributed by atoms with E-state index in [1.807, 2.05) is 4.90 Å². The van der Waals surface area contributed by atoms with Gasteiger partial charge in [-0.2, -0.15) is 0 Å². The Labute approximate surface area is 128 Å². The van der Waals surface area contributed by atoms with Crippen LogP contribution < -0.4 is 16.6 Å². The maximum atomic E-state index is 12.2. The summed E-state index contributed by atoms with van der Waals surface area (Å²) in [4.78, 5) is 32.0. The third kappa shape index (κ3) is 3.29. The number of carbonyl (C=O) groups is 1. The molecule has 22 heavy (non-hydrogen) atoms. The molecule has 2 amide bonds. The molecule has 0 spiro atoms. The highest BCUT2D eigenvalue weighted by Crippen LogP contribution is 2.32. The number of fused-ring (bicyclic) bond motifs is 1. The second-order valence-corrected chi connectivity index (χ2v) is 5.97. The number of carbonyl (C=O) groups excluding carboxylic acids is 1. The Morgan fingerprint density at radius 1 is 1.36 bits per heavy atom. The molecular formula is C15H21N5O2. The molecule has 1 aliphatic heterocycles. The van der Waals surface area contributed by atoms with Crippen molar-refractivity contribution < 1.29 is 4.79 Å². The lowest BCUT2D eigenvalue weighted by molar-refractivity contribution is 0.206. The molecule has 3 rings (SSSR count). The van der Waals surface area contributed by atoms with Crippen LogP contribution in [0.5, 0.6) is 0 Å².